The van der Waals surface area contributed by atoms with E-state index in [1.165, 1.54) is 0 Å². The van der Waals surface area contributed by atoms with E-state index in [0.29, 0.717) is 24.6 Å². The predicted molar refractivity (Wildman–Crippen MR) is 82.1 cm³/mol. The minimum Gasteiger partial charge on any atom is -0.353 e. The van der Waals surface area contributed by atoms with E-state index in [1.54, 1.807) is 12.1 Å². The molecule has 0 aliphatic carbocycles. The number of carbonyl (C=O) groups excluding carboxylic acids is 2. The molecule has 5 nitrogen and oxygen atoms in total. The smallest absolute Gasteiger partial charge is 0.251 e. The molecule has 0 aromatic heterocycles. The maximum absolute atomic E-state index is 11.9. The van der Waals surface area contributed by atoms with Gasteiger partial charge in [0.2, 0.25) is 5.91 Å². The van der Waals surface area contributed by atoms with E-state index >= 15 is 0 Å². The van der Waals surface area contributed by atoms with E-state index in [0.717, 1.165) is 18.5 Å². The molecule has 1 saturated heterocycles. The van der Waals surface area contributed by atoms with Gasteiger partial charge < -0.3 is 16.0 Å². The Morgan fingerprint density at radius 2 is 1.86 bits per heavy atom. The fourth-order valence-electron chi connectivity index (χ4n) is 2.46. The first-order chi connectivity index (χ1) is 10.1. The second-order valence-corrected chi connectivity index (χ2v) is 5.61. The van der Waals surface area contributed by atoms with Gasteiger partial charge in [-0.25, -0.2) is 0 Å². The van der Waals surface area contributed by atoms with Crippen LogP contribution in [0, 0.1) is 12.8 Å². The minimum absolute atomic E-state index is 0.0181. The Hall–Kier alpha value is -1.88. The fraction of sp³-hybridized carbons (Fsp3) is 0.500. The summed E-state index contributed by atoms with van der Waals surface area (Å²) in [6.07, 6.45) is 1.03. The van der Waals surface area contributed by atoms with Gasteiger partial charge in [0, 0.05) is 18.7 Å². The fourth-order valence-corrected chi connectivity index (χ4v) is 2.46. The van der Waals surface area contributed by atoms with Gasteiger partial charge in [-0.15, -0.1) is 0 Å². The molecule has 0 radical (unpaired) electrons. The topological polar surface area (TPSA) is 70.2 Å². The van der Waals surface area contributed by atoms with Crippen LogP contribution in [-0.2, 0) is 4.79 Å². The lowest BCUT2D eigenvalue weighted by molar-refractivity contribution is -0.123. The van der Waals surface area contributed by atoms with Crippen molar-refractivity contribution >= 4 is 11.8 Å². The minimum atomic E-state index is -0.114. The standard InChI is InChI=1S/C16H23N3O2/c1-11-3-5-13(6-4-11)15(20)18-9-10-19-16(21)14-12(2)7-8-17-14/h3-6,12,14,17H,7-10H2,1-2H3,(H,18,20)(H,19,21). The normalized spacial score (nSPS) is 21.0. The Morgan fingerprint density at radius 3 is 2.48 bits per heavy atom. The van der Waals surface area contributed by atoms with Crippen molar-refractivity contribution in [1.29, 1.82) is 0 Å². The van der Waals surface area contributed by atoms with Gasteiger partial charge in [0.05, 0.1) is 6.04 Å². The molecule has 1 aromatic rings. The summed E-state index contributed by atoms with van der Waals surface area (Å²) in [5.41, 5.74) is 1.76. The largest absolute Gasteiger partial charge is 0.353 e. The number of nitrogens with one attached hydrogen (secondary N) is 3. The molecule has 5 heteroatoms. The highest BCUT2D eigenvalue weighted by Gasteiger charge is 2.28. The van der Waals surface area contributed by atoms with Crippen LogP contribution in [0.1, 0.15) is 29.3 Å². The lowest BCUT2D eigenvalue weighted by Crippen LogP contribution is -2.45. The third kappa shape index (κ3) is 4.29. The number of benzene rings is 1. The molecule has 2 unspecified atom stereocenters. The van der Waals surface area contributed by atoms with Gasteiger partial charge in [-0.1, -0.05) is 24.6 Å². The molecule has 2 rings (SSSR count). The lowest BCUT2D eigenvalue weighted by atomic mass is 10.0. The molecule has 1 aliphatic rings. The number of hydrogen-bond donors (Lipinski definition) is 3. The first kappa shape index (κ1) is 15.5. The second-order valence-electron chi connectivity index (χ2n) is 5.61. The molecule has 1 aliphatic heterocycles. The van der Waals surface area contributed by atoms with Crippen molar-refractivity contribution in [2.45, 2.75) is 26.3 Å². The van der Waals surface area contributed by atoms with Crippen LogP contribution in [0.15, 0.2) is 24.3 Å². The first-order valence-corrected chi connectivity index (χ1v) is 7.44. The zero-order valence-electron chi connectivity index (χ0n) is 12.6. The first-order valence-electron chi connectivity index (χ1n) is 7.44. The molecule has 0 saturated carbocycles. The third-order valence-electron chi connectivity index (χ3n) is 3.84. The van der Waals surface area contributed by atoms with Crippen LogP contribution in [0.2, 0.25) is 0 Å². The van der Waals surface area contributed by atoms with E-state index < -0.39 is 0 Å². The molecule has 0 spiro atoms. The quantitative estimate of drug-likeness (QED) is 0.704. The van der Waals surface area contributed by atoms with Crippen molar-refractivity contribution in [2.75, 3.05) is 19.6 Å². The Labute approximate surface area is 125 Å². The maximum Gasteiger partial charge on any atom is 0.251 e. The molecule has 3 N–H and O–H groups in total. The summed E-state index contributed by atoms with van der Waals surface area (Å²) < 4.78 is 0. The molecule has 1 aromatic carbocycles. The molecular formula is C16H23N3O2. The van der Waals surface area contributed by atoms with Gasteiger partial charge in [-0.2, -0.15) is 0 Å². The van der Waals surface area contributed by atoms with Crippen LogP contribution in [-0.4, -0.2) is 37.5 Å². The average molecular weight is 289 g/mol. The van der Waals surface area contributed by atoms with Crippen molar-refractivity contribution in [2.24, 2.45) is 5.92 Å². The van der Waals surface area contributed by atoms with E-state index in [2.05, 4.69) is 22.9 Å². The van der Waals surface area contributed by atoms with Crippen molar-refractivity contribution in [3.05, 3.63) is 35.4 Å². The summed E-state index contributed by atoms with van der Waals surface area (Å²) in [4.78, 5) is 23.8. The van der Waals surface area contributed by atoms with E-state index in [-0.39, 0.29) is 17.9 Å². The summed E-state index contributed by atoms with van der Waals surface area (Å²) >= 11 is 0. The predicted octanol–water partition coefficient (Wildman–Crippen LogP) is 0.839. The highest BCUT2D eigenvalue weighted by molar-refractivity contribution is 5.94. The maximum atomic E-state index is 11.9. The third-order valence-corrected chi connectivity index (χ3v) is 3.84. The van der Waals surface area contributed by atoms with Crippen LogP contribution in [0.4, 0.5) is 0 Å². The summed E-state index contributed by atoms with van der Waals surface area (Å²) in [5.74, 6) is 0.272. The van der Waals surface area contributed by atoms with Crippen molar-refractivity contribution in [3.63, 3.8) is 0 Å². The molecule has 114 valence electrons. The van der Waals surface area contributed by atoms with Crippen LogP contribution < -0.4 is 16.0 Å². The Kier molecular flexibility index (Phi) is 5.33. The molecular weight excluding hydrogens is 266 g/mol. The highest BCUT2D eigenvalue weighted by Crippen LogP contribution is 2.13. The molecule has 2 atom stereocenters. The van der Waals surface area contributed by atoms with Crippen LogP contribution in [0.5, 0.6) is 0 Å². The summed E-state index contributed by atoms with van der Waals surface area (Å²) in [5, 5.41) is 8.84. The van der Waals surface area contributed by atoms with Gasteiger partial charge in [0.15, 0.2) is 0 Å². The molecule has 21 heavy (non-hydrogen) atoms. The zero-order chi connectivity index (χ0) is 15.2. The number of carbonyl (C=O) groups is 2. The van der Waals surface area contributed by atoms with Crippen LogP contribution >= 0.6 is 0 Å². The van der Waals surface area contributed by atoms with Gasteiger partial charge in [-0.05, 0) is 37.9 Å². The van der Waals surface area contributed by atoms with Gasteiger partial charge >= 0.3 is 0 Å². The Morgan fingerprint density at radius 1 is 1.19 bits per heavy atom. The van der Waals surface area contributed by atoms with Crippen molar-refractivity contribution in [1.82, 2.24) is 16.0 Å². The Bertz CT molecular complexity index is 499. The monoisotopic (exact) mass is 289 g/mol. The number of amides is 2. The Balaban J connectivity index is 1.68. The zero-order valence-corrected chi connectivity index (χ0v) is 12.6. The average Bonchev–Trinajstić information content (AvgIpc) is 2.90. The van der Waals surface area contributed by atoms with E-state index in [4.69, 9.17) is 0 Å². The van der Waals surface area contributed by atoms with Crippen molar-refractivity contribution < 1.29 is 9.59 Å². The van der Waals surface area contributed by atoms with Gasteiger partial charge in [0.25, 0.3) is 5.91 Å². The summed E-state index contributed by atoms with van der Waals surface area (Å²) in [7, 11) is 0. The summed E-state index contributed by atoms with van der Waals surface area (Å²) in [6.45, 7) is 5.82. The van der Waals surface area contributed by atoms with E-state index in [9.17, 15) is 9.59 Å². The van der Waals surface area contributed by atoms with Gasteiger partial charge in [-0.3, -0.25) is 9.59 Å². The molecule has 1 heterocycles. The van der Waals surface area contributed by atoms with Gasteiger partial charge in [0.1, 0.15) is 0 Å². The molecule has 2 amide bonds. The lowest BCUT2D eigenvalue weighted by Gasteiger charge is -2.15. The van der Waals surface area contributed by atoms with E-state index in [1.807, 2.05) is 19.1 Å². The number of hydrogen-bond acceptors (Lipinski definition) is 3. The van der Waals surface area contributed by atoms with Crippen molar-refractivity contribution in [3.8, 4) is 0 Å². The molecule has 1 fully saturated rings. The summed E-state index contributed by atoms with van der Waals surface area (Å²) in [6, 6.07) is 7.31. The number of aryl methyl sites for hydroxylation is 1. The second kappa shape index (κ2) is 7.22. The number of rotatable bonds is 5. The van der Waals surface area contributed by atoms with Crippen LogP contribution in [0.25, 0.3) is 0 Å². The van der Waals surface area contributed by atoms with Crippen LogP contribution in [0.3, 0.4) is 0 Å². The SMILES string of the molecule is Cc1ccc(C(=O)NCCNC(=O)C2NCCC2C)cc1. The molecule has 0 bridgehead atoms. The highest BCUT2D eigenvalue weighted by atomic mass is 16.2.